The number of aromatic nitrogens is 2. The molecule has 0 aromatic carbocycles. The molecule has 0 radical (unpaired) electrons. The molecule has 0 N–H and O–H groups in total. The van der Waals surface area contributed by atoms with Crippen LogP contribution in [0.5, 0.6) is 0 Å². The Morgan fingerprint density at radius 3 is 2.76 bits per heavy atom. The number of hydrogen-bond acceptors (Lipinski definition) is 5. The number of aryl methyl sites for hydroxylation is 2. The predicted molar refractivity (Wildman–Crippen MR) is 60.6 cm³/mol. The van der Waals surface area contributed by atoms with Crippen LogP contribution in [-0.2, 0) is 27.9 Å². The van der Waals surface area contributed by atoms with Crippen molar-refractivity contribution < 1.29 is 19.0 Å². The largest absolute Gasteiger partial charge is 0.462 e. The van der Waals surface area contributed by atoms with Crippen LogP contribution in [0.4, 0.5) is 0 Å². The fraction of sp³-hybridized carbons (Fsp3) is 0.636. The van der Waals surface area contributed by atoms with Crippen LogP contribution < -0.4 is 0 Å². The second-order valence-electron chi connectivity index (χ2n) is 3.51. The first kappa shape index (κ1) is 13.7. The molecule has 0 saturated carbocycles. The van der Waals surface area contributed by atoms with Crippen molar-refractivity contribution in [2.45, 2.75) is 20.5 Å². The molecule has 1 aromatic heterocycles. The number of carbonyl (C=O) groups excluding carboxylic acids is 1. The highest BCUT2D eigenvalue weighted by Gasteiger charge is 2.21. The molecule has 6 nitrogen and oxygen atoms in total. The summed E-state index contributed by atoms with van der Waals surface area (Å²) in [5, 5.41) is 4.19. The van der Waals surface area contributed by atoms with Gasteiger partial charge < -0.3 is 14.2 Å². The van der Waals surface area contributed by atoms with Gasteiger partial charge >= 0.3 is 5.97 Å². The van der Waals surface area contributed by atoms with Crippen molar-refractivity contribution >= 4 is 5.97 Å². The van der Waals surface area contributed by atoms with Gasteiger partial charge in [-0.05, 0) is 13.8 Å². The molecule has 6 heteroatoms. The third-order valence-corrected chi connectivity index (χ3v) is 2.26. The van der Waals surface area contributed by atoms with E-state index < -0.39 is 0 Å². The highest BCUT2D eigenvalue weighted by molar-refractivity contribution is 5.91. The van der Waals surface area contributed by atoms with Gasteiger partial charge in [0.1, 0.15) is 12.4 Å². The van der Waals surface area contributed by atoms with Gasteiger partial charge in [-0.2, -0.15) is 5.10 Å². The Morgan fingerprint density at radius 2 is 2.18 bits per heavy atom. The smallest absolute Gasteiger partial charge is 0.341 e. The first-order chi connectivity index (χ1) is 8.11. The lowest BCUT2D eigenvalue weighted by atomic mass is 10.2. The fourth-order valence-corrected chi connectivity index (χ4v) is 1.56. The molecular weight excluding hydrogens is 224 g/mol. The SMILES string of the molecule is CCOC(=O)c1c(C)nn(C)c1COCOC. The van der Waals surface area contributed by atoms with Gasteiger partial charge in [-0.25, -0.2) is 4.79 Å². The van der Waals surface area contributed by atoms with Crippen LogP contribution in [0.2, 0.25) is 0 Å². The van der Waals surface area contributed by atoms with E-state index in [9.17, 15) is 4.79 Å². The molecular formula is C11H18N2O4. The summed E-state index contributed by atoms with van der Waals surface area (Å²) < 4.78 is 16.6. The van der Waals surface area contributed by atoms with Gasteiger partial charge in [0.15, 0.2) is 0 Å². The van der Waals surface area contributed by atoms with Crippen molar-refractivity contribution in [2.24, 2.45) is 7.05 Å². The topological polar surface area (TPSA) is 62.6 Å². The van der Waals surface area contributed by atoms with Crippen molar-refractivity contribution in [2.75, 3.05) is 20.5 Å². The molecule has 0 amide bonds. The molecule has 0 atom stereocenters. The van der Waals surface area contributed by atoms with Crippen LogP contribution in [0, 0.1) is 6.92 Å². The van der Waals surface area contributed by atoms with Gasteiger partial charge in [0.05, 0.1) is 24.6 Å². The second kappa shape index (κ2) is 6.36. The Balaban J connectivity index is 2.89. The number of esters is 1. The highest BCUT2D eigenvalue weighted by Crippen LogP contribution is 2.15. The molecule has 0 fully saturated rings. The van der Waals surface area contributed by atoms with E-state index in [0.717, 1.165) is 0 Å². The van der Waals surface area contributed by atoms with Crippen LogP contribution in [-0.4, -0.2) is 36.3 Å². The zero-order valence-corrected chi connectivity index (χ0v) is 10.6. The maximum absolute atomic E-state index is 11.8. The zero-order chi connectivity index (χ0) is 12.8. The Labute approximate surface area is 100 Å². The molecule has 17 heavy (non-hydrogen) atoms. The summed E-state index contributed by atoms with van der Waals surface area (Å²) in [4.78, 5) is 11.8. The van der Waals surface area contributed by atoms with Crippen LogP contribution >= 0.6 is 0 Å². The standard InChI is InChI=1S/C11H18N2O4/c1-5-17-11(14)10-8(2)12-13(3)9(10)6-16-7-15-4/h5-7H2,1-4H3. The molecule has 0 bridgehead atoms. The molecule has 0 unspecified atom stereocenters. The van der Waals surface area contributed by atoms with Crippen LogP contribution in [0.1, 0.15) is 28.7 Å². The van der Waals surface area contributed by atoms with E-state index in [1.54, 1.807) is 32.7 Å². The maximum Gasteiger partial charge on any atom is 0.341 e. The van der Waals surface area contributed by atoms with E-state index in [2.05, 4.69) is 5.10 Å². The monoisotopic (exact) mass is 242 g/mol. The van der Waals surface area contributed by atoms with Gasteiger partial charge in [0.2, 0.25) is 0 Å². The normalized spacial score (nSPS) is 10.6. The Morgan fingerprint density at radius 1 is 1.47 bits per heavy atom. The maximum atomic E-state index is 11.8. The van der Waals surface area contributed by atoms with E-state index in [0.29, 0.717) is 23.6 Å². The Hall–Kier alpha value is -1.40. The minimum atomic E-state index is -0.367. The zero-order valence-electron chi connectivity index (χ0n) is 10.6. The third-order valence-electron chi connectivity index (χ3n) is 2.26. The van der Waals surface area contributed by atoms with E-state index >= 15 is 0 Å². The van der Waals surface area contributed by atoms with Gasteiger partial charge in [0, 0.05) is 14.2 Å². The Bertz CT molecular complexity index is 387. The van der Waals surface area contributed by atoms with Gasteiger partial charge in [0.25, 0.3) is 0 Å². The Kier molecular flexibility index (Phi) is 5.11. The number of methoxy groups -OCH3 is 1. The minimum absolute atomic E-state index is 0.173. The van der Waals surface area contributed by atoms with Crippen molar-refractivity contribution in [3.63, 3.8) is 0 Å². The molecule has 0 aliphatic rings. The van der Waals surface area contributed by atoms with Crippen LogP contribution in [0.3, 0.4) is 0 Å². The first-order valence-electron chi connectivity index (χ1n) is 5.38. The molecule has 0 saturated heterocycles. The summed E-state index contributed by atoms with van der Waals surface area (Å²) in [5.74, 6) is -0.367. The first-order valence-corrected chi connectivity index (χ1v) is 5.38. The van der Waals surface area contributed by atoms with Crippen molar-refractivity contribution in [1.29, 1.82) is 0 Å². The summed E-state index contributed by atoms with van der Waals surface area (Å²) in [6, 6.07) is 0. The average Bonchev–Trinajstić information content (AvgIpc) is 2.54. The molecule has 0 aliphatic heterocycles. The second-order valence-corrected chi connectivity index (χ2v) is 3.51. The van der Waals surface area contributed by atoms with Gasteiger partial charge in [-0.15, -0.1) is 0 Å². The lowest BCUT2D eigenvalue weighted by Gasteiger charge is -2.06. The average molecular weight is 242 g/mol. The number of nitrogens with zero attached hydrogens (tertiary/aromatic N) is 2. The quantitative estimate of drug-likeness (QED) is 0.423. The minimum Gasteiger partial charge on any atom is -0.462 e. The molecule has 0 spiro atoms. The van der Waals surface area contributed by atoms with E-state index in [4.69, 9.17) is 14.2 Å². The highest BCUT2D eigenvalue weighted by atomic mass is 16.7. The number of rotatable bonds is 6. The summed E-state index contributed by atoms with van der Waals surface area (Å²) >= 11 is 0. The molecule has 1 heterocycles. The molecule has 1 rings (SSSR count). The molecule has 96 valence electrons. The van der Waals surface area contributed by atoms with Crippen molar-refractivity contribution in [1.82, 2.24) is 9.78 Å². The molecule has 1 aromatic rings. The molecule has 0 aliphatic carbocycles. The fourth-order valence-electron chi connectivity index (χ4n) is 1.56. The summed E-state index contributed by atoms with van der Waals surface area (Å²) in [6.45, 7) is 4.31. The predicted octanol–water partition coefficient (Wildman–Crippen LogP) is 1.03. The van der Waals surface area contributed by atoms with E-state index in [-0.39, 0.29) is 19.4 Å². The van der Waals surface area contributed by atoms with Gasteiger partial charge in [-0.1, -0.05) is 0 Å². The van der Waals surface area contributed by atoms with E-state index in [1.807, 2.05) is 0 Å². The lowest BCUT2D eigenvalue weighted by molar-refractivity contribution is -0.0412. The van der Waals surface area contributed by atoms with Crippen LogP contribution in [0.25, 0.3) is 0 Å². The van der Waals surface area contributed by atoms with Gasteiger partial charge in [-0.3, -0.25) is 4.68 Å². The van der Waals surface area contributed by atoms with Crippen molar-refractivity contribution in [3.8, 4) is 0 Å². The van der Waals surface area contributed by atoms with E-state index in [1.165, 1.54) is 0 Å². The lowest BCUT2D eigenvalue weighted by Crippen LogP contribution is -2.11. The number of hydrogen-bond donors (Lipinski definition) is 0. The number of carbonyl (C=O) groups is 1. The summed E-state index contributed by atoms with van der Waals surface area (Å²) in [6.07, 6.45) is 0. The number of ether oxygens (including phenoxy) is 3. The van der Waals surface area contributed by atoms with Crippen molar-refractivity contribution in [3.05, 3.63) is 17.0 Å². The third kappa shape index (κ3) is 3.28. The summed E-state index contributed by atoms with van der Waals surface area (Å²) in [7, 11) is 3.31. The van der Waals surface area contributed by atoms with Crippen LogP contribution in [0.15, 0.2) is 0 Å². The summed E-state index contributed by atoms with van der Waals surface area (Å²) in [5.41, 5.74) is 1.81.